The van der Waals surface area contributed by atoms with Crippen molar-refractivity contribution in [1.82, 2.24) is 20.3 Å². The van der Waals surface area contributed by atoms with Crippen molar-refractivity contribution in [1.29, 1.82) is 0 Å². The molecule has 270 valence electrons. The normalized spacial score (nSPS) is 17.4. The molecule has 2 saturated heterocycles. The minimum Gasteiger partial charge on any atom is -0.508 e. The summed E-state index contributed by atoms with van der Waals surface area (Å²) in [6.07, 6.45) is 7.25. The molecule has 7 rings (SSSR count). The van der Waals surface area contributed by atoms with Gasteiger partial charge in [0, 0.05) is 76.6 Å². The van der Waals surface area contributed by atoms with Crippen LogP contribution in [0.15, 0.2) is 55.0 Å². The van der Waals surface area contributed by atoms with Crippen LogP contribution < -0.4 is 15.0 Å². The fraction of sp³-hybridized carbons (Fsp3) is 0.405. The second-order valence-corrected chi connectivity index (χ2v) is 21.0. The molecule has 2 atom stereocenters. The highest BCUT2D eigenvalue weighted by Crippen LogP contribution is 2.43. The maximum absolute atomic E-state index is 17.5. The van der Waals surface area contributed by atoms with Crippen LogP contribution in [0.1, 0.15) is 71.1 Å². The molecule has 2 bridgehead atoms. The van der Waals surface area contributed by atoms with Crippen LogP contribution in [0.5, 0.6) is 11.6 Å². The Hall–Kier alpha value is -4.59. The van der Waals surface area contributed by atoms with Gasteiger partial charge in [0.05, 0.1) is 5.56 Å². The number of phenolic OH excluding ortho intramolecular Hbond substituents is 1. The van der Waals surface area contributed by atoms with Crippen molar-refractivity contribution in [2.75, 3.05) is 18.0 Å². The van der Waals surface area contributed by atoms with Crippen LogP contribution in [-0.4, -0.2) is 53.3 Å². The van der Waals surface area contributed by atoms with Gasteiger partial charge in [0.2, 0.25) is 5.88 Å². The van der Waals surface area contributed by atoms with Crippen molar-refractivity contribution >= 4 is 35.4 Å². The van der Waals surface area contributed by atoms with Gasteiger partial charge >= 0.3 is 0 Å². The van der Waals surface area contributed by atoms with E-state index in [1.54, 1.807) is 37.6 Å². The number of anilines is 1. The van der Waals surface area contributed by atoms with Gasteiger partial charge < -0.3 is 20.1 Å². The Balaban J connectivity index is 1.45. The smallest absolute Gasteiger partial charge is 0.219 e. The summed E-state index contributed by atoms with van der Waals surface area (Å²) >= 11 is 0. The van der Waals surface area contributed by atoms with E-state index in [9.17, 15) is 5.11 Å². The lowest BCUT2D eigenvalue weighted by atomic mass is 9.95. The Morgan fingerprint density at radius 3 is 2.35 bits per heavy atom. The molecule has 5 heterocycles. The van der Waals surface area contributed by atoms with Crippen molar-refractivity contribution in [3.63, 3.8) is 0 Å². The lowest BCUT2D eigenvalue weighted by Gasteiger charge is -2.38. The molecule has 0 amide bonds. The molecule has 52 heavy (non-hydrogen) atoms. The molecule has 2 N–H and O–H groups in total. The topological polar surface area (TPSA) is 83.4 Å². The van der Waals surface area contributed by atoms with Gasteiger partial charge in [0.25, 0.3) is 0 Å². The van der Waals surface area contributed by atoms with Gasteiger partial charge in [-0.15, -0.1) is 5.54 Å². The molecule has 0 saturated carbocycles. The van der Waals surface area contributed by atoms with E-state index in [-0.39, 0.29) is 29.2 Å². The molecule has 0 aliphatic carbocycles. The van der Waals surface area contributed by atoms with Crippen LogP contribution in [0.2, 0.25) is 16.6 Å². The first-order chi connectivity index (χ1) is 24.9. The second-order valence-electron chi connectivity index (χ2n) is 15.4. The van der Waals surface area contributed by atoms with E-state index in [0.29, 0.717) is 67.5 Å². The number of hydrogen-bond acceptors (Lipinski definition) is 7. The summed E-state index contributed by atoms with van der Waals surface area (Å²) in [4.78, 5) is 16.1. The molecule has 3 aromatic heterocycles. The highest BCUT2D eigenvalue weighted by molar-refractivity contribution is 6.90. The molecule has 2 aliphatic rings. The molecule has 10 heteroatoms. The van der Waals surface area contributed by atoms with Crippen LogP contribution in [0.25, 0.3) is 32.8 Å². The number of aromatic hydroxyl groups is 1. The average Bonchev–Trinajstić information content (AvgIpc) is 3.45. The summed E-state index contributed by atoms with van der Waals surface area (Å²) in [5.74, 6) is 3.09. The van der Waals surface area contributed by atoms with Gasteiger partial charge in [-0.1, -0.05) is 59.6 Å². The summed E-state index contributed by atoms with van der Waals surface area (Å²) in [6.45, 7) is 16.8. The molecule has 0 radical (unpaired) electrons. The number of benzene rings is 2. The largest absolute Gasteiger partial charge is 0.508 e. The van der Waals surface area contributed by atoms with Crippen molar-refractivity contribution < 1.29 is 18.6 Å². The van der Waals surface area contributed by atoms with Crippen molar-refractivity contribution in [3.05, 3.63) is 83.3 Å². The lowest BCUT2D eigenvalue weighted by Crippen LogP contribution is -2.51. The number of piperazine rings is 1. The van der Waals surface area contributed by atoms with Gasteiger partial charge in [-0.05, 0) is 66.0 Å². The van der Waals surface area contributed by atoms with Crippen LogP contribution >= 0.6 is 0 Å². The number of pyridine rings is 3. The number of nitrogens with one attached hydrogen (secondary N) is 1. The van der Waals surface area contributed by atoms with E-state index in [4.69, 9.17) is 14.7 Å². The fourth-order valence-corrected chi connectivity index (χ4v) is 14.1. The Bertz CT molecular complexity index is 2180. The Morgan fingerprint density at radius 2 is 1.69 bits per heavy atom. The number of aromatic nitrogens is 3. The summed E-state index contributed by atoms with van der Waals surface area (Å²) in [7, 11) is -2.25. The summed E-state index contributed by atoms with van der Waals surface area (Å²) in [5, 5.41) is 16.5. The number of rotatable bonds is 8. The van der Waals surface area contributed by atoms with Crippen LogP contribution in [0, 0.1) is 30.0 Å². The zero-order valence-electron chi connectivity index (χ0n) is 31.0. The van der Waals surface area contributed by atoms with Crippen LogP contribution in [-0.2, 0) is 6.61 Å². The predicted molar refractivity (Wildman–Crippen MR) is 207 cm³/mol. The van der Waals surface area contributed by atoms with Crippen LogP contribution in [0.3, 0.4) is 0 Å². The molecule has 7 nitrogen and oxygen atoms in total. The van der Waals surface area contributed by atoms with Gasteiger partial charge in [-0.2, -0.15) is 4.98 Å². The maximum Gasteiger partial charge on any atom is 0.219 e. The first-order valence-electron chi connectivity index (χ1n) is 18.4. The highest BCUT2D eigenvalue weighted by Gasteiger charge is 2.42. The van der Waals surface area contributed by atoms with E-state index in [1.807, 2.05) is 12.1 Å². The van der Waals surface area contributed by atoms with Crippen molar-refractivity contribution in [3.8, 4) is 34.4 Å². The lowest BCUT2D eigenvalue weighted by molar-refractivity contribution is 0.291. The van der Waals surface area contributed by atoms with Crippen molar-refractivity contribution in [2.24, 2.45) is 0 Å². The summed E-state index contributed by atoms with van der Waals surface area (Å²) in [6, 6.07) is 10.4. The van der Waals surface area contributed by atoms with Gasteiger partial charge in [-0.3, -0.25) is 9.97 Å². The monoisotopic (exact) mass is 719 g/mol. The first-order valence-corrected chi connectivity index (χ1v) is 20.6. The number of halogens is 2. The molecule has 0 unspecified atom stereocenters. The molecular weight excluding hydrogens is 673 g/mol. The Morgan fingerprint density at radius 1 is 0.981 bits per heavy atom. The van der Waals surface area contributed by atoms with E-state index in [0.717, 1.165) is 31.5 Å². The molecule has 5 aromatic rings. The molecule has 2 aromatic carbocycles. The predicted octanol–water partition coefficient (Wildman–Crippen LogP) is 9.23. The van der Waals surface area contributed by atoms with E-state index in [2.05, 4.69) is 68.2 Å². The minimum atomic E-state index is -2.25. The average molecular weight is 720 g/mol. The fourth-order valence-electron chi connectivity index (χ4n) is 8.88. The Labute approximate surface area is 305 Å². The van der Waals surface area contributed by atoms with Gasteiger partial charge in [0.1, 0.15) is 37.8 Å². The quantitative estimate of drug-likeness (QED) is 0.122. The summed E-state index contributed by atoms with van der Waals surface area (Å²) in [5.41, 5.74) is 6.53. The van der Waals surface area contributed by atoms with Crippen molar-refractivity contribution in [2.45, 2.75) is 96.6 Å². The highest BCUT2D eigenvalue weighted by atomic mass is 28.3. The number of ether oxygens (including phenoxy) is 1. The van der Waals surface area contributed by atoms with Gasteiger partial charge in [-0.25, -0.2) is 8.78 Å². The third-order valence-electron chi connectivity index (χ3n) is 11.4. The zero-order valence-corrected chi connectivity index (χ0v) is 32.0. The Kier molecular flexibility index (Phi) is 9.70. The van der Waals surface area contributed by atoms with E-state index in [1.165, 1.54) is 12.1 Å². The molecule has 0 spiro atoms. The third kappa shape index (κ3) is 6.28. The maximum atomic E-state index is 17.5. The van der Waals surface area contributed by atoms with E-state index < -0.39 is 19.7 Å². The van der Waals surface area contributed by atoms with Crippen LogP contribution in [0.4, 0.5) is 14.6 Å². The minimum absolute atomic E-state index is 0.000904. The van der Waals surface area contributed by atoms with E-state index >= 15 is 8.78 Å². The molecular formula is C42H47F2N5O2Si. The molecule has 2 aliphatic heterocycles. The zero-order chi connectivity index (χ0) is 36.9. The molecule has 2 fully saturated rings. The third-order valence-corrected chi connectivity index (χ3v) is 17.6. The SMILES string of the molecule is Cc1c(OCc2cccnc2)nc(N2C[C@H]3CC[C@@H](C2)N3)c2cnc(-c3cc(O)cc4ccc(F)c(C#C[Si](C(C)C)(C(C)C)C(C)C)c34)c(F)c12. The number of aryl methyl sites for hydroxylation is 1. The first kappa shape index (κ1) is 35.8. The van der Waals surface area contributed by atoms with Gasteiger partial charge in [0.15, 0.2) is 5.82 Å². The number of phenols is 1. The number of hydrogen-bond donors (Lipinski definition) is 2. The number of fused-ring (bicyclic) bond motifs is 4. The summed E-state index contributed by atoms with van der Waals surface area (Å²) < 4.78 is 39.8. The number of nitrogens with zero attached hydrogens (tertiary/aromatic N) is 4. The standard InChI is InChI=1S/C42H47F2N5O2Si/c1-24(2)52(25(3)4,26(5)6)16-14-33-36(43)13-10-29-17-32(50)18-34(38(29)33)40-39(44)37-27(7)42(51-23-28-9-8-15-45-19-28)48-41(35(37)20-46-40)49-21-30-11-12-31(22-49)47-30/h8-10,13,15,17-20,24-26,30-31,47,50H,11-12,21-23H2,1-7H3/t30-,31+. The second kappa shape index (κ2) is 14.1.